The number of carbonyl (C=O) groups is 1. The molecule has 0 amide bonds. The van der Waals surface area contributed by atoms with Gasteiger partial charge in [0.1, 0.15) is 11.3 Å². The van der Waals surface area contributed by atoms with Gasteiger partial charge in [0.05, 0.1) is 7.11 Å². The molecular formula is C8H6F3NO2. The molecule has 0 aliphatic heterocycles. The number of benzene rings is 1. The summed E-state index contributed by atoms with van der Waals surface area (Å²) in [6, 6.07) is 0.396. The summed E-state index contributed by atoms with van der Waals surface area (Å²) in [5.74, 6) is -5.36. The Morgan fingerprint density at radius 3 is 2.43 bits per heavy atom. The van der Waals surface area contributed by atoms with Gasteiger partial charge >= 0.3 is 5.97 Å². The van der Waals surface area contributed by atoms with Crippen LogP contribution in [0.3, 0.4) is 0 Å². The number of ether oxygens (including phenoxy) is 1. The van der Waals surface area contributed by atoms with Gasteiger partial charge in [0.25, 0.3) is 0 Å². The van der Waals surface area contributed by atoms with E-state index in [4.69, 9.17) is 5.73 Å². The summed E-state index contributed by atoms with van der Waals surface area (Å²) in [5.41, 5.74) is 3.11. The first-order valence-corrected chi connectivity index (χ1v) is 3.50. The molecule has 0 fully saturated rings. The molecule has 1 aromatic rings. The van der Waals surface area contributed by atoms with Gasteiger partial charge in [-0.05, 0) is 6.07 Å². The average molecular weight is 205 g/mol. The van der Waals surface area contributed by atoms with Crippen molar-refractivity contribution in [3.8, 4) is 0 Å². The lowest BCUT2D eigenvalue weighted by atomic mass is 10.1. The van der Waals surface area contributed by atoms with E-state index in [1.165, 1.54) is 0 Å². The number of esters is 1. The van der Waals surface area contributed by atoms with Crippen molar-refractivity contribution in [3.05, 3.63) is 29.1 Å². The number of methoxy groups -OCH3 is 1. The summed E-state index contributed by atoms with van der Waals surface area (Å²) in [7, 11) is 0.985. The number of nitrogen functional groups attached to an aromatic ring is 1. The number of rotatable bonds is 1. The Morgan fingerprint density at radius 1 is 1.36 bits per heavy atom. The van der Waals surface area contributed by atoms with Crippen LogP contribution in [0.25, 0.3) is 0 Å². The standard InChI is InChI=1S/C8H6F3NO2/c1-14-8(13)3-2-4(9)6(11)7(12)5(3)10/h2H,12H2,1H3. The van der Waals surface area contributed by atoms with Gasteiger partial charge in [-0.15, -0.1) is 0 Å². The van der Waals surface area contributed by atoms with Crippen molar-refractivity contribution >= 4 is 11.7 Å². The summed E-state index contributed by atoms with van der Waals surface area (Å²) in [6.45, 7) is 0. The SMILES string of the molecule is COC(=O)c1cc(F)c(F)c(N)c1F. The Kier molecular flexibility index (Phi) is 2.64. The fraction of sp³-hybridized carbons (Fsp3) is 0.125. The molecule has 0 unspecified atom stereocenters. The normalized spacial score (nSPS) is 10.0. The lowest BCUT2D eigenvalue weighted by molar-refractivity contribution is 0.0595. The summed E-state index contributed by atoms with van der Waals surface area (Å²) >= 11 is 0. The van der Waals surface area contributed by atoms with Gasteiger partial charge in [0.15, 0.2) is 17.5 Å². The Hall–Kier alpha value is -1.72. The van der Waals surface area contributed by atoms with Crippen molar-refractivity contribution in [1.29, 1.82) is 0 Å². The third kappa shape index (κ3) is 1.50. The third-order valence-corrected chi connectivity index (χ3v) is 1.60. The highest BCUT2D eigenvalue weighted by Crippen LogP contribution is 2.22. The van der Waals surface area contributed by atoms with E-state index in [1.807, 2.05) is 0 Å². The van der Waals surface area contributed by atoms with E-state index in [9.17, 15) is 18.0 Å². The maximum absolute atomic E-state index is 13.0. The molecule has 6 heteroatoms. The molecule has 0 heterocycles. The first-order chi connectivity index (χ1) is 6.49. The second kappa shape index (κ2) is 3.57. The average Bonchev–Trinajstić information content (AvgIpc) is 2.19. The van der Waals surface area contributed by atoms with Crippen LogP contribution >= 0.6 is 0 Å². The summed E-state index contributed by atoms with van der Waals surface area (Å²) in [5, 5.41) is 0. The molecule has 0 radical (unpaired) electrons. The highest BCUT2D eigenvalue weighted by Gasteiger charge is 2.21. The fourth-order valence-corrected chi connectivity index (χ4v) is 0.882. The lowest BCUT2D eigenvalue weighted by Crippen LogP contribution is -2.09. The Labute approximate surface area is 77.3 Å². The Morgan fingerprint density at radius 2 is 1.93 bits per heavy atom. The Bertz CT molecular complexity index is 393. The second-order valence-electron chi connectivity index (χ2n) is 2.44. The fourth-order valence-electron chi connectivity index (χ4n) is 0.882. The molecule has 0 bridgehead atoms. The number of hydrogen-bond donors (Lipinski definition) is 1. The topological polar surface area (TPSA) is 52.3 Å². The predicted molar refractivity (Wildman–Crippen MR) is 42.1 cm³/mol. The molecule has 76 valence electrons. The minimum Gasteiger partial charge on any atom is -0.465 e. The van der Waals surface area contributed by atoms with Crippen molar-refractivity contribution < 1.29 is 22.7 Å². The van der Waals surface area contributed by atoms with Gasteiger partial charge in [-0.2, -0.15) is 0 Å². The predicted octanol–water partition coefficient (Wildman–Crippen LogP) is 1.47. The molecule has 0 aromatic heterocycles. The summed E-state index contributed by atoms with van der Waals surface area (Å²) < 4.78 is 42.5. The number of nitrogens with two attached hydrogens (primary N) is 1. The van der Waals surface area contributed by atoms with Crippen molar-refractivity contribution in [2.45, 2.75) is 0 Å². The molecule has 0 atom stereocenters. The maximum atomic E-state index is 13.0. The van der Waals surface area contributed by atoms with E-state index >= 15 is 0 Å². The third-order valence-electron chi connectivity index (χ3n) is 1.60. The van der Waals surface area contributed by atoms with E-state index in [2.05, 4.69) is 4.74 Å². The summed E-state index contributed by atoms with van der Waals surface area (Å²) in [4.78, 5) is 10.8. The first kappa shape index (κ1) is 10.4. The molecule has 1 aromatic carbocycles. The smallest absolute Gasteiger partial charge is 0.341 e. The number of halogens is 3. The van der Waals surface area contributed by atoms with Crippen molar-refractivity contribution in [2.24, 2.45) is 0 Å². The van der Waals surface area contributed by atoms with Gasteiger partial charge in [-0.25, -0.2) is 18.0 Å². The molecular weight excluding hydrogens is 199 g/mol. The first-order valence-electron chi connectivity index (χ1n) is 3.50. The van der Waals surface area contributed by atoms with Crippen molar-refractivity contribution in [1.82, 2.24) is 0 Å². The van der Waals surface area contributed by atoms with Crippen molar-refractivity contribution in [3.63, 3.8) is 0 Å². The minimum absolute atomic E-state index is 0.396. The molecule has 1 rings (SSSR count). The van der Waals surface area contributed by atoms with Gasteiger partial charge in [-0.1, -0.05) is 0 Å². The second-order valence-corrected chi connectivity index (χ2v) is 2.44. The lowest BCUT2D eigenvalue weighted by Gasteiger charge is -2.05. The highest BCUT2D eigenvalue weighted by molar-refractivity contribution is 5.90. The number of hydrogen-bond acceptors (Lipinski definition) is 3. The zero-order valence-corrected chi connectivity index (χ0v) is 7.11. The Balaban J connectivity index is 3.40. The van der Waals surface area contributed by atoms with Crippen LogP contribution in [0, 0.1) is 17.5 Å². The summed E-state index contributed by atoms with van der Waals surface area (Å²) in [6.07, 6.45) is 0. The van der Waals surface area contributed by atoms with Crippen LogP contribution in [0.15, 0.2) is 6.07 Å². The van der Waals surface area contributed by atoms with E-state index < -0.39 is 34.7 Å². The largest absolute Gasteiger partial charge is 0.465 e. The minimum atomic E-state index is -1.52. The van der Waals surface area contributed by atoms with Crippen LogP contribution in [0.5, 0.6) is 0 Å². The zero-order chi connectivity index (χ0) is 10.9. The quantitative estimate of drug-likeness (QED) is 0.429. The molecule has 2 N–H and O–H groups in total. The van der Waals surface area contributed by atoms with Gasteiger partial charge in [0, 0.05) is 0 Å². The van der Waals surface area contributed by atoms with Gasteiger partial charge in [-0.3, -0.25) is 0 Å². The number of carbonyl (C=O) groups excluding carboxylic acids is 1. The van der Waals surface area contributed by atoms with Crippen LogP contribution in [-0.2, 0) is 4.74 Å². The van der Waals surface area contributed by atoms with Crippen LogP contribution in [0.4, 0.5) is 18.9 Å². The van der Waals surface area contributed by atoms with Gasteiger partial charge < -0.3 is 10.5 Å². The monoisotopic (exact) mass is 205 g/mol. The van der Waals surface area contributed by atoms with Crippen LogP contribution in [0.2, 0.25) is 0 Å². The van der Waals surface area contributed by atoms with Crippen molar-refractivity contribution in [2.75, 3.05) is 12.8 Å². The molecule has 0 saturated carbocycles. The van der Waals surface area contributed by atoms with Crippen LogP contribution in [0.1, 0.15) is 10.4 Å². The zero-order valence-electron chi connectivity index (χ0n) is 7.11. The van der Waals surface area contributed by atoms with E-state index in [1.54, 1.807) is 0 Å². The van der Waals surface area contributed by atoms with E-state index in [-0.39, 0.29) is 0 Å². The molecule has 0 aliphatic carbocycles. The van der Waals surface area contributed by atoms with Crippen LogP contribution < -0.4 is 5.73 Å². The van der Waals surface area contributed by atoms with E-state index in [0.717, 1.165) is 7.11 Å². The highest BCUT2D eigenvalue weighted by atomic mass is 19.2. The van der Waals surface area contributed by atoms with Crippen LogP contribution in [-0.4, -0.2) is 13.1 Å². The molecule has 14 heavy (non-hydrogen) atoms. The molecule has 0 saturated heterocycles. The molecule has 0 spiro atoms. The molecule has 0 aliphatic rings. The van der Waals surface area contributed by atoms with Gasteiger partial charge in [0.2, 0.25) is 0 Å². The molecule has 3 nitrogen and oxygen atoms in total. The van der Waals surface area contributed by atoms with E-state index in [0.29, 0.717) is 6.07 Å². The maximum Gasteiger partial charge on any atom is 0.341 e. The number of anilines is 1.